The number of para-hydroxylation sites is 2. The summed E-state index contributed by atoms with van der Waals surface area (Å²) in [6, 6.07) is 69.8. The molecule has 0 aliphatic heterocycles. The number of aromatic nitrogens is 2. The molecule has 2 aromatic heterocycles. The minimum absolute atomic E-state index is 0.969. The van der Waals surface area contributed by atoms with Crippen molar-refractivity contribution in [2.75, 3.05) is 0 Å². The van der Waals surface area contributed by atoms with Crippen molar-refractivity contribution in [1.29, 1.82) is 0 Å². The summed E-state index contributed by atoms with van der Waals surface area (Å²) in [6.45, 7) is 0. The number of fused-ring (bicyclic) bond motifs is 6. The van der Waals surface area contributed by atoms with Crippen molar-refractivity contribution in [2.24, 2.45) is 0 Å². The Labute approximate surface area is 296 Å². The summed E-state index contributed by atoms with van der Waals surface area (Å²) in [5, 5.41) is 6.18. The maximum Gasteiger partial charge on any atom is 0.0722 e. The van der Waals surface area contributed by atoms with Crippen LogP contribution in [0.25, 0.3) is 93.8 Å². The van der Waals surface area contributed by atoms with Crippen LogP contribution in [-0.2, 0) is 0 Å². The molecule has 0 aliphatic rings. The molecule has 51 heavy (non-hydrogen) atoms. The molecule has 0 N–H and O–H groups in total. The molecule has 0 radical (unpaired) electrons. The molecule has 2 nitrogen and oxygen atoms in total. The lowest BCUT2D eigenvalue weighted by molar-refractivity contribution is 1.18. The molecule has 0 amide bonds. The van der Waals surface area contributed by atoms with Crippen LogP contribution in [0.5, 0.6) is 0 Å². The Morgan fingerprint density at radius 1 is 0.353 bits per heavy atom. The zero-order valence-electron chi connectivity index (χ0n) is 27.9. The molecule has 2 heteroatoms. The second-order valence-electron chi connectivity index (χ2n) is 13.2. The van der Waals surface area contributed by atoms with Crippen LogP contribution in [0.3, 0.4) is 0 Å². The Morgan fingerprint density at radius 2 is 0.922 bits per heavy atom. The van der Waals surface area contributed by atoms with Gasteiger partial charge in [-0.05, 0) is 86.6 Å². The quantitative estimate of drug-likeness (QED) is 0.170. The van der Waals surface area contributed by atoms with E-state index in [1.165, 1.54) is 71.3 Å². The molecule has 0 spiro atoms. The van der Waals surface area contributed by atoms with E-state index in [-0.39, 0.29) is 0 Å². The SMILES string of the molecule is c1ccc(-c2cc(-c3cccc(-c4ccc(-c5cccc(-n6c7ccccc7c7ccccc76)c5)cc4)c3)nc3ccc4ccccc4c23)cc1. The van der Waals surface area contributed by atoms with E-state index < -0.39 is 0 Å². The highest BCUT2D eigenvalue weighted by Crippen LogP contribution is 2.38. The normalized spacial score (nSPS) is 11.5. The lowest BCUT2D eigenvalue weighted by Crippen LogP contribution is -1.94. The van der Waals surface area contributed by atoms with Crippen LogP contribution in [0.1, 0.15) is 0 Å². The van der Waals surface area contributed by atoms with Crippen molar-refractivity contribution in [3.63, 3.8) is 0 Å². The van der Waals surface area contributed by atoms with Gasteiger partial charge in [-0.1, -0.05) is 152 Å². The predicted molar refractivity (Wildman–Crippen MR) is 215 cm³/mol. The van der Waals surface area contributed by atoms with E-state index in [2.05, 4.69) is 199 Å². The van der Waals surface area contributed by atoms with Crippen LogP contribution in [0, 0.1) is 0 Å². The monoisotopic (exact) mass is 648 g/mol. The molecule has 0 bridgehead atoms. The van der Waals surface area contributed by atoms with Crippen LogP contribution < -0.4 is 0 Å². The Kier molecular flexibility index (Phi) is 6.85. The lowest BCUT2D eigenvalue weighted by Gasteiger charge is -2.14. The minimum Gasteiger partial charge on any atom is -0.309 e. The van der Waals surface area contributed by atoms with Gasteiger partial charge in [-0.15, -0.1) is 0 Å². The maximum atomic E-state index is 5.24. The van der Waals surface area contributed by atoms with Gasteiger partial charge in [0.25, 0.3) is 0 Å². The van der Waals surface area contributed by atoms with E-state index in [0.29, 0.717) is 0 Å². The van der Waals surface area contributed by atoms with Gasteiger partial charge in [0.05, 0.1) is 22.2 Å². The first-order valence-electron chi connectivity index (χ1n) is 17.5. The van der Waals surface area contributed by atoms with E-state index in [0.717, 1.165) is 22.5 Å². The van der Waals surface area contributed by atoms with Crippen LogP contribution in [0.4, 0.5) is 0 Å². The molecule has 10 rings (SSSR count). The molecule has 0 atom stereocenters. The maximum absolute atomic E-state index is 5.24. The number of nitrogens with zero attached hydrogens (tertiary/aromatic N) is 2. The van der Waals surface area contributed by atoms with Gasteiger partial charge in [-0.3, -0.25) is 0 Å². The summed E-state index contributed by atoms with van der Waals surface area (Å²) in [5.74, 6) is 0. The smallest absolute Gasteiger partial charge is 0.0722 e. The van der Waals surface area contributed by atoms with E-state index in [4.69, 9.17) is 4.98 Å². The van der Waals surface area contributed by atoms with Gasteiger partial charge in [-0.2, -0.15) is 0 Å². The van der Waals surface area contributed by atoms with Crippen LogP contribution >= 0.6 is 0 Å². The second-order valence-corrected chi connectivity index (χ2v) is 13.2. The van der Waals surface area contributed by atoms with Crippen molar-refractivity contribution < 1.29 is 0 Å². The van der Waals surface area contributed by atoms with Crippen molar-refractivity contribution >= 4 is 43.5 Å². The third-order valence-corrected chi connectivity index (χ3v) is 10.2. The highest BCUT2D eigenvalue weighted by atomic mass is 15.0. The van der Waals surface area contributed by atoms with Gasteiger partial charge < -0.3 is 4.57 Å². The second kappa shape index (κ2) is 12.0. The molecule has 0 unspecified atom stereocenters. The lowest BCUT2D eigenvalue weighted by atomic mass is 9.93. The minimum atomic E-state index is 0.969. The zero-order valence-corrected chi connectivity index (χ0v) is 27.9. The van der Waals surface area contributed by atoms with Gasteiger partial charge in [0.1, 0.15) is 0 Å². The van der Waals surface area contributed by atoms with Crippen LogP contribution in [0.2, 0.25) is 0 Å². The molecule has 10 aromatic rings. The number of hydrogen-bond acceptors (Lipinski definition) is 1. The molecule has 2 heterocycles. The van der Waals surface area contributed by atoms with Gasteiger partial charge in [-0.25, -0.2) is 4.98 Å². The number of pyridine rings is 1. The van der Waals surface area contributed by atoms with Crippen molar-refractivity contribution in [3.8, 4) is 50.3 Å². The summed E-state index contributed by atoms with van der Waals surface area (Å²) in [6.07, 6.45) is 0. The molecule has 0 saturated carbocycles. The standard InChI is InChI=1S/C49H32N2/c1-2-12-35(13-3-1)44-32-46(50-45-29-28-36-14-4-5-19-41(36)49(44)45)39-17-10-15-37(30-39)33-24-26-34(27-25-33)38-16-11-18-40(31-38)51-47-22-8-6-20-42(47)43-21-7-9-23-48(43)51/h1-32H. The van der Waals surface area contributed by atoms with Crippen molar-refractivity contribution in [1.82, 2.24) is 9.55 Å². The van der Waals surface area contributed by atoms with Crippen molar-refractivity contribution in [3.05, 3.63) is 194 Å². The Bertz CT molecular complexity index is 2850. The van der Waals surface area contributed by atoms with Crippen LogP contribution in [0.15, 0.2) is 194 Å². The van der Waals surface area contributed by atoms with Gasteiger partial charge in [0.2, 0.25) is 0 Å². The zero-order chi connectivity index (χ0) is 33.7. The summed E-state index contributed by atoms with van der Waals surface area (Å²) < 4.78 is 2.38. The first kappa shape index (κ1) is 29.2. The highest BCUT2D eigenvalue weighted by Gasteiger charge is 2.14. The number of benzene rings is 8. The van der Waals surface area contributed by atoms with Gasteiger partial charge >= 0.3 is 0 Å². The van der Waals surface area contributed by atoms with E-state index >= 15 is 0 Å². The largest absolute Gasteiger partial charge is 0.309 e. The summed E-state index contributed by atoms with van der Waals surface area (Å²) in [7, 11) is 0. The molecule has 0 fully saturated rings. The molecular formula is C49H32N2. The molecule has 0 saturated heterocycles. The first-order valence-corrected chi connectivity index (χ1v) is 17.5. The first-order chi connectivity index (χ1) is 25.3. The van der Waals surface area contributed by atoms with Gasteiger partial charge in [0.15, 0.2) is 0 Å². The highest BCUT2D eigenvalue weighted by molar-refractivity contribution is 6.14. The van der Waals surface area contributed by atoms with Crippen LogP contribution in [-0.4, -0.2) is 9.55 Å². The Balaban J connectivity index is 1.02. The Morgan fingerprint density at radius 3 is 1.65 bits per heavy atom. The average Bonchev–Trinajstić information content (AvgIpc) is 3.55. The fourth-order valence-electron chi connectivity index (χ4n) is 7.74. The summed E-state index contributed by atoms with van der Waals surface area (Å²) >= 11 is 0. The predicted octanol–water partition coefficient (Wildman–Crippen LogP) is 13.2. The Hall–Kier alpha value is -6.77. The fraction of sp³-hybridized carbons (Fsp3) is 0. The topological polar surface area (TPSA) is 17.8 Å². The third-order valence-electron chi connectivity index (χ3n) is 10.2. The third kappa shape index (κ3) is 5.00. The van der Waals surface area contributed by atoms with E-state index in [1.54, 1.807) is 0 Å². The molecule has 238 valence electrons. The van der Waals surface area contributed by atoms with E-state index in [1.807, 2.05) is 0 Å². The van der Waals surface area contributed by atoms with Gasteiger partial charge in [0, 0.05) is 27.4 Å². The van der Waals surface area contributed by atoms with Crippen molar-refractivity contribution in [2.45, 2.75) is 0 Å². The summed E-state index contributed by atoms with van der Waals surface area (Å²) in [4.78, 5) is 5.24. The number of hydrogen-bond donors (Lipinski definition) is 0. The molecule has 8 aromatic carbocycles. The summed E-state index contributed by atoms with van der Waals surface area (Å²) in [5.41, 5.74) is 13.8. The average molecular weight is 649 g/mol. The number of rotatable bonds is 5. The fourth-order valence-corrected chi connectivity index (χ4v) is 7.74. The molecular weight excluding hydrogens is 617 g/mol. The molecule has 0 aliphatic carbocycles. The van der Waals surface area contributed by atoms with E-state index in [9.17, 15) is 0 Å².